The number of carbonyl (C=O) groups is 1. The fourth-order valence-electron chi connectivity index (χ4n) is 3.78. The normalized spacial score (nSPS) is 10.8. The number of aromatic nitrogens is 1. The molecule has 0 atom stereocenters. The Balaban J connectivity index is 1.19. The standard InChI is InChI=1S/C30H25N3O3S/c1-19-8-11-23(16-20(19)2)29-32-26-17-24(14-15-27(26)36-29)31-30(37)33-28(34)22-12-9-21(10-13-22)18-35-25-6-4-3-5-7-25/h3-17H,18H2,1-2H3,(H2,31,33,34,37). The molecule has 5 aromatic rings. The van der Waals surface area contributed by atoms with Crippen molar-refractivity contribution in [1.29, 1.82) is 0 Å². The van der Waals surface area contributed by atoms with Gasteiger partial charge in [-0.3, -0.25) is 10.1 Å². The van der Waals surface area contributed by atoms with Crippen molar-refractivity contribution >= 4 is 40.0 Å². The number of benzene rings is 4. The Bertz CT molecular complexity index is 1580. The van der Waals surface area contributed by atoms with Gasteiger partial charge in [0, 0.05) is 16.8 Å². The number of rotatable bonds is 6. The highest BCUT2D eigenvalue weighted by molar-refractivity contribution is 7.80. The van der Waals surface area contributed by atoms with E-state index in [1.165, 1.54) is 11.1 Å². The quantitative estimate of drug-likeness (QED) is 0.246. The Labute approximate surface area is 220 Å². The Morgan fingerprint density at radius 2 is 1.70 bits per heavy atom. The molecule has 7 heteroatoms. The SMILES string of the molecule is Cc1ccc(-c2nc3cc(NC(=S)NC(=O)c4ccc(COc5ccccc5)cc4)ccc3o2)cc1C. The van der Waals surface area contributed by atoms with Crippen LogP contribution in [-0.4, -0.2) is 16.0 Å². The summed E-state index contributed by atoms with van der Waals surface area (Å²) in [6.45, 7) is 4.55. The van der Waals surface area contributed by atoms with E-state index in [1.54, 1.807) is 12.1 Å². The molecule has 0 aliphatic carbocycles. The van der Waals surface area contributed by atoms with Gasteiger partial charge in [0.2, 0.25) is 5.89 Å². The molecule has 37 heavy (non-hydrogen) atoms. The van der Waals surface area contributed by atoms with Crippen LogP contribution < -0.4 is 15.4 Å². The van der Waals surface area contributed by atoms with E-state index >= 15 is 0 Å². The first-order valence-electron chi connectivity index (χ1n) is 11.8. The fraction of sp³-hybridized carbons (Fsp3) is 0.100. The first-order chi connectivity index (χ1) is 17.9. The van der Waals surface area contributed by atoms with E-state index in [4.69, 9.17) is 21.4 Å². The zero-order valence-electron chi connectivity index (χ0n) is 20.4. The molecule has 0 saturated carbocycles. The Kier molecular flexibility index (Phi) is 6.96. The molecule has 0 radical (unpaired) electrons. The van der Waals surface area contributed by atoms with Gasteiger partial charge in [-0.05, 0) is 97.4 Å². The molecule has 0 aliphatic rings. The van der Waals surface area contributed by atoms with Gasteiger partial charge < -0.3 is 14.5 Å². The summed E-state index contributed by atoms with van der Waals surface area (Å²) in [5.41, 5.74) is 6.85. The van der Waals surface area contributed by atoms with Crippen molar-refractivity contribution in [1.82, 2.24) is 10.3 Å². The van der Waals surface area contributed by atoms with Crippen LogP contribution in [0, 0.1) is 13.8 Å². The third kappa shape index (κ3) is 5.85. The number of ether oxygens (including phenoxy) is 1. The average molecular weight is 508 g/mol. The second kappa shape index (κ2) is 10.6. The molecule has 4 aromatic carbocycles. The van der Waals surface area contributed by atoms with Crippen molar-refractivity contribution in [2.45, 2.75) is 20.5 Å². The predicted octanol–water partition coefficient (Wildman–Crippen LogP) is 6.82. The summed E-state index contributed by atoms with van der Waals surface area (Å²) >= 11 is 5.36. The van der Waals surface area contributed by atoms with E-state index in [0.29, 0.717) is 34.8 Å². The van der Waals surface area contributed by atoms with Gasteiger partial charge in [-0.25, -0.2) is 4.98 Å². The second-order valence-electron chi connectivity index (χ2n) is 8.71. The highest BCUT2D eigenvalue weighted by Gasteiger charge is 2.12. The Morgan fingerprint density at radius 1 is 0.919 bits per heavy atom. The minimum absolute atomic E-state index is 0.193. The van der Waals surface area contributed by atoms with Gasteiger partial charge in [-0.15, -0.1) is 0 Å². The highest BCUT2D eigenvalue weighted by Crippen LogP contribution is 2.27. The maximum Gasteiger partial charge on any atom is 0.257 e. The van der Waals surface area contributed by atoms with Crippen LogP contribution in [0.25, 0.3) is 22.6 Å². The number of aryl methyl sites for hydroxylation is 2. The van der Waals surface area contributed by atoms with Gasteiger partial charge in [0.1, 0.15) is 17.9 Å². The predicted molar refractivity (Wildman–Crippen MR) is 150 cm³/mol. The Morgan fingerprint density at radius 3 is 2.46 bits per heavy atom. The van der Waals surface area contributed by atoms with Gasteiger partial charge in [0.05, 0.1) is 0 Å². The van der Waals surface area contributed by atoms with Crippen molar-refractivity contribution in [2.75, 3.05) is 5.32 Å². The summed E-state index contributed by atoms with van der Waals surface area (Å²) in [6.07, 6.45) is 0. The largest absolute Gasteiger partial charge is 0.489 e. The maximum absolute atomic E-state index is 12.7. The molecule has 0 saturated heterocycles. The number of para-hydroxylation sites is 1. The Hall–Kier alpha value is -4.49. The molecule has 1 heterocycles. The van der Waals surface area contributed by atoms with Crippen molar-refractivity contribution < 1.29 is 13.9 Å². The lowest BCUT2D eigenvalue weighted by molar-refractivity contribution is 0.0977. The lowest BCUT2D eigenvalue weighted by Gasteiger charge is -2.10. The molecule has 1 aromatic heterocycles. The minimum Gasteiger partial charge on any atom is -0.489 e. The molecular formula is C30H25N3O3S. The maximum atomic E-state index is 12.7. The van der Waals surface area contributed by atoms with Crippen LogP contribution in [0.5, 0.6) is 5.75 Å². The van der Waals surface area contributed by atoms with E-state index in [9.17, 15) is 4.79 Å². The number of oxazole rings is 1. The summed E-state index contributed by atoms with van der Waals surface area (Å²) in [7, 11) is 0. The van der Waals surface area contributed by atoms with Gasteiger partial charge in [0.25, 0.3) is 5.91 Å². The zero-order chi connectivity index (χ0) is 25.8. The van der Waals surface area contributed by atoms with Crippen LogP contribution >= 0.6 is 12.2 Å². The molecule has 0 fully saturated rings. The second-order valence-corrected chi connectivity index (χ2v) is 9.12. The molecule has 0 spiro atoms. The molecule has 6 nitrogen and oxygen atoms in total. The topological polar surface area (TPSA) is 76.4 Å². The van der Waals surface area contributed by atoms with Gasteiger partial charge >= 0.3 is 0 Å². The summed E-state index contributed by atoms with van der Waals surface area (Å²) in [6, 6.07) is 28.4. The number of thiocarbonyl (C=S) groups is 1. The van der Waals surface area contributed by atoms with Gasteiger partial charge in [0.15, 0.2) is 10.7 Å². The van der Waals surface area contributed by atoms with Crippen LogP contribution in [0.3, 0.4) is 0 Å². The lowest BCUT2D eigenvalue weighted by Crippen LogP contribution is -2.34. The number of hydrogen-bond donors (Lipinski definition) is 2. The number of nitrogens with one attached hydrogen (secondary N) is 2. The summed E-state index contributed by atoms with van der Waals surface area (Å²) in [5.74, 6) is 1.06. The van der Waals surface area contributed by atoms with Gasteiger partial charge in [-0.2, -0.15) is 0 Å². The van der Waals surface area contributed by atoms with E-state index in [0.717, 1.165) is 16.9 Å². The molecule has 2 N–H and O–H groups in total. The molecular weight excluding hydrogens is 482 g/mol. The molecule has 1 amide bonds. The molecule has 5 rings (SSSR count). The monoisotopic (exact) mass is 507 g/mol. The smallest absolute Gasteiger partial charge is 0.257 e. The lowest BCUT2D eigenvalue weighted by atomic mass is 10.1. The summed E-state index contributed by atoms with van der Waals surface area (Å²) in [5, 5.41) is 5.96. The third-order valence-corrected chi connectivity index (χ3v) is 6.20. The summed E-state index contributed by atoms with van der Waals surface area (Å²) < 4.78 is 11.7. The number of hydrogen-bond acceptors (Lipinski definition) is 5. The fourth-order valence-corrected chi connectivity index (χ4v) is 3.99. The molecule has 0 aliphatic heterocycles. The van der Waals surface area contributed by atoms with Crippen molar-refractivity contribution in [3.63, 3.8) is 0 Å². The number of nitrogens with zero attached hydrogens (tertiary/aromatic N) is 1. The van der Waals surface area contributed by atoms with E-state index in [2.05, 4.69) is 41.6 Å². The van der Waals surface area contributed by atoms with Crippen molar-refractivity contribution in [2.24, 2.45) is 0 Å². The van der Waals surface area contributed by atoms with Crippen molar-refractivity contribution in [3.05, 3.63) is 113 Å². The first-order valence-corrected chi connectivity index (χ1v) is 12.2. The van der Waals surface area contributed by atoms with E-state index in [-0.39, 0.29) is 11.0 Å². The van der Waals surface area contributed by atoms with Crippen LogP contribution in [0.2, 0.25) is 0 Å². The zero-order valence-corrected chi connectivity index (χ0v) is 21.3. The highest BCUT2D eigenvalue weighted by atomic mass is 32.1. The third-order valence-electron chi connectivity index (χ3n) is 5.99. The van der Waals surface area contributed by atoms with Crippen molar-refractivity contribution in [3.8, 4) is 17.2 Å². The number of fused-ring (bicyclic) bond motifs is 1. The van der Waals surface area contributed by atoms with Crippen LogP contribution in [0.15, 0.2) is 95.4 Å². The van der Waals surface area contributed by atoms with E-state index < -0.39 is 0 Å². The molecule has 0 unspecified atom stereocenters. The number of carbonyl (C=O) groups excluding carboxylic acids is 1. The molecule has 0 bridgehead atoms. The average Bonchev–Trinajstić information content (AvgIpc) is 3.33. The first kappa shape index (κ1) is 24.2. The van der Waals surface area contributed by atoms with Gasteiger partial charge in [-0.1, -0.05) is 36.4 Å². The minimum atomic E-state index is -0.299. The van der Waals surface area contributed by atoms with Crippen LogP contribution in [0.1, 0.15) is 27.0 Å². The molecule has 184 valence electrons. The van der Waals surface area contributed by atoms with Crippen LogP contribution in [0.4, 0.5) is 5.69 Å². The van der Waals surface area contributed by atoms with E-state index in [1.807, 2.05) is 66.7 Å². The summed E-state index contributed by atoms with van der Waals surface area (Å²) in [4.78, 5) is 17.3. The number of amides is 1. The van der Waals surface area contributed by atoms with Crippen LogP contribution in [-0.2, 0) is 6.61 Å². The number of anilines is 1.